The fourth-order valence-corrected chi connectivity index (χ4v) is 2.27. The van der Waals surface area contributed by atoms with E-state index in [0.29, 0.717) is 42.4 Å². The molecule has 1 amide bonds. The first kappa shape index (κ1) is 18.5. The molecule has 7 nitrogen and oxygen atoms in total. The Morgan fingerprint density at radius 1 is 1.16 bits per heavy atom. The molecule has 1 aromatic heterocycles. The number of aliphatic hydroxyl groups excluding tert-OH is 1. The molecule has 0 fully saturated rings. The van der Waals surface area contributed by atoms with Crippen molar-refractivity contribution in [3.8, 4) is 11.5 Å². The third-order valence-corrected chi connectivity index (χ3v) is 3.55. The molecule has 0 aliphatic heterocycles. The SMILES string of the molecule is COc1ccc(CCC(=O)Nc2ccc(NCCO)nc2)cc1OC. The van der Waals surface area contributed by atoms with Gasteiger partial charge in [-0.1, -0.05) is 6.07 Å². The van der Waals surface area contributed by atoms with Crippen molar-refractivity contribution in [2.45, 2.75) is 12.8 Å². The quantitative estimate of drug-likeness (QED) is 0.644. The summed E-state index contributed by atoms with van der Waals surface area (Å²) in [5.41, 5.74) is 1.63. The zero-order chi connectivity index (χ0) is 18.1. The lowest BCUT2D eigenvalue weighted by atomic mass is 10.1. The predicted molar refractivity (Wildman–Crippen MR) is 96.3 cm³/mol. The Kier molecular flexibility index (Phi) is 7.03. The van der Waals surface area contributed by atoms with Gasteiger partial charge in [0.25, 0.3) is 0 Å². The number of aryl methyl sites for hydroxylation is 1. The number of benzene rings is 1. The molecule has 0 bridgehead atoms. The zero-order valence-electron chi connectivity index (χ0n) is 14.4. The predicted octanol–water partition coefficient (Wildman–Crippen LogP) is 2.07. The Hall–Kier alpha value is -2.80. The number of hydrogen-bond donors (Lipinski definition) is 3. The largest absolute Gasteiger partial charge is 0.493 e. The normalized spacial score (nSPS) is 10.2. The first-order valence-corrected chi connectivity index (χ1v) is 7.97. The number of carbonyl (C=O) groups excluding carboxylic acids is 1. The van der Waals surface area contributed by atoms with E-state index in [-0.39, 0.29) is 12.5 Å². The Morgan fingerprint density at radius 2 is 1.96 bits per heavy atom. The molecule has 25 heavy (non-hydrogen) atoms. The molecule has 0 unspecified atom stereocenters. The number of aromatic nitrogens is 1. The van der Waals surface area contributed by atoms with Gasteiger partial charge in [-0.25, -0.2) is 4.98 Å². The van der Waals surface area contributed by atoms with E-state index in [4.69, 9.17) is 14.6 Å². The highest BCUT2D eigenvalue weighted by atomic mass is 16.5. The molecule has 7 heteroatoms. The summed E-state index contributed by atoms with van der Waals surface area (Å²) in [5, 5.41) is 14.5. The van der Waals surface area contributed by atoms with Crippen LogP contribution in [0.5, 0.6) is 11.5 Å². The van der Waals surface area contributed by atoms with Crippen LogP contribution in [0.25, 0.3) is 0 Å². The summed E-state index contributed by atoms with van der Waals surface area (Å²) >= 11 is 0. The van der Waals surface area contributed by atoms with Gasteiger partial charge in [0.15, 0.2) is 11.5 Å². The van der Waals surface area contributed by atoms with Crippen LogP contribution in [0.3, 0.4) is 0 Å². The lowest BCUT2D eigenvalue weighted by Gasteiger charge is -2.10. The highest BCUT2D eigenvalue weighted by Gasteiger charge is 2.07. The molecule has 0 atom stereocenters. The van der Waals surface area contributed by atoms with Crippen LogP contribution in [0.4, 0.5) is 11.5 Å². The van der Waals surface area contributed by atoms with Crippen LogP contribution in [-0.4, -0.2) is 43.4 Å². The number of nitrogens with one attached hydrogen (secondary N) is 2. The standard InChI is InChI=1S/C18H23N3O4/c1-24-15-6-3-13(11-16(15)25-2)4-8-18(23)21-14-5-7-17(20-12-14)19-9-10-22/h3,5-7,11-12,22H,4,8-10H2,1-2H3,(H,19,20)(H,21,23). The number of ether oxygens (including phenoxy) is 2. The number of pyridine rings is 1. The molecule has 0 aliphatic carbocycles. The molecule has 1 heterocycles. The van der Waals surface area contributed by atoms with E-state index in [1.807, 2.05) is 18.2 Å². The van der Waals surface area contributed by atoms with Crippen molar-refractivity contribution in [1.82, 2.24) is 4.98 Å². The molecule has 0 spiro atoms. The highest BCUT2D eigenvalue weighted by molar-refractivity contribution is 5.90. The second-order valence-electron chi connectivity index (χ2n) is 5.32. The summed E-state index contributed by atoms with van der Waals surface area (Å²) in [6.07, 6.45) is 2.52. The molecular formula is C18H23N3O4. The first-order chi connectivity index (χ1) is 12.2. The van der Waals surface area contributed by atoms with Gasteiger partial charge in [-0.3, -0.25) is 4.79 Å². The van der Waals surface area contributed by atoms with Crippen LogP contribution in [0.2, 0.25) is 0 Å². The molecule has 134 valence electrons. The van der Waals surface area contributed by atoms with Gasteiger partial charge < -0.3 is 25.2 Å². The third-order valence-electron chi connectivity index (χ3n) is 3.55. The summed E-state index contributed by atoms with van der Waals surface area (Å²) in [6.45, 7) is 0.473. The maximum absolute atomic E-state index is 12.1. The fraction of sp³-hybridized carbons (Fsp3) is 0.333. The minimum absolute atomic E-state index is 0.0380. The summed E-state index contributed by atoms with van der Waals surface area (Å²) in [4.78, 5) is 16.2. The van der Waals surface area contributed by atoms with Gasteiger partial charge in [0.05, 0.1) is 32.7 Å². The summed E-state index contributed by atoms with van der Waals surface area (Å²) in [6, 6.07) is 9.13. The molecule has 0 radical (unpaired) electrons. The smallest absolute Gasteiger partial charge is 0.224 e. The molecule has 1 aromatic carbocycles. The minimum Gasteiger partial charge on any atom is -0.493 e. The van der Waals surface area contributed by atoms with Crippen LogP contribution in [-0.2, 0) is 11.2 Å². The van der Waals surface area contributed by atoms with Gasteiger partial charge in [0.2, 0.25) is 5.91 Å². The second kappa shape index (κ2) is 9.48. The van der Waals surface area contributed by atoms with E-state index in [1.54, 1.807) is 32.5 Å². The number of aliphatic hydroxyl groups is 1. The Balaban J connectivity index is 1.86. The van der Waals surface area contributed by atoms with Crippen molar-refractivity contribution >= 4 is 17.4 Å². The number of nitrogens with zero attached hydrogens (tertiary/aromatic N) is 1. The van der Waals surface area contributed by atoms with Gasteiger partial charge in [-0.2, -0.15) is 0 Å². The maximum atomic E-state index is 12.1. The monoisotopic (exact) mass is 345 g/mol. The number of carbonyl (C=O) groups is 1. The van der Waals surface area contributed by atoms with Crippen LogP contribution in [0.1, 0.15) is 12.0 Å². The second-order valence-corrected chi connectivity index (χ2v) is 5.32. The van der Waals surface area contributed by atoms with Crippen molar-refractivity contribution in [3.05, 3.63) is 42.1 Å². The van der Waals surface area contributed by atoms with Gasteiger partial charge >= 0.3 is 0 Å². The van der Waals surface area contributed by atoms with E-state index in [2.05, 4.69) is 15.6 Å². The van der Waals surface area contributed by atoms with Gasteiger partial charge in [-0.05, 0) is 36.2 Å². The van der Waals surface area contributed by atoms with Crippen molar-refractivity contribution in [2.24, 2.45) is 0 Å². The summed E-state index contributed by atoms with van der Waals surface area (Å²) < 4.78 is 10.5. The van der Waals surface area contributed by atoms with E-state index in [9.17, 15) is 4.79 Å². The lowest BCUT2D eigenvalue weighted by molar-refractivity contribution is -0.116. The van der Waals surface area contributed by atoms with Crippen LogP contribution < -0.4 is 20.1 Å². The molecule has 0 saturated heterocycles. The van der Waals surface area contributed by atoms with E-state index in [1.165, 1.54) is 0 Å². The summed E-state index contributed by atoms with van der Waals surface area (Å²) in [5.74, 6) is 1.87. The number of amides is 1. The molecular weight excluding hydrogens is 322 g/mol. The molecule has 2 aromatic rings. The van der Waals surface area contributed by atoms with Gasteiger partial charge in [-0.15, -0.1) is 0 Å². The molecule has 0 aliphatic rings. The van der Waals surface area contributed by atoms with E-state index < -0.39 is 0 Å². The molecule has 0 saturated carbocycles. The maximum Gasteiger partial charge on any atom is 0.224 e. The number of anilines is 2. The van der Waals surface area contributed by atoms with Crippen LogP contribution in [0.15, 0.2) is 36.5 Å². The Morgan fingerprint density at radius 3 is 2.60 bits per heavy atom. The van der Waals surface area contributed by atoms with Crippen LogP contribution in [0, 0.1) is 0 Å². The third kappa shape index (κ3) is 5.65. The molecule has 2 rings (SSSR count). The van der Waals surface area contributed by atoms with Gasteiger partial charge in [0.1, 0.15) is 5.82 Å². The number of hydrogen-bond acceptors (Lipinski definition) is 6. The average Bonchev–Trinajstić information content (AvgIpc) is 2.65. The molecule has 3 N–H and O–H groups in total. The minimum atomic E-state index is -0.0901. The van der Waals surface area contributed by atoms with Crippen molar-refractivity contribution in [1.29, 1.82) is 0 Å². The van der Waals surface area contributed by atoms with E-state index >= 15 is 0 Å². The zero-order valence-corrected chi connectivity index (χ0v) is 14.4. The Labute approximate surface area is 147 Å². The van der Waals surface area contributed by atoms with Crippen molar-refractivity contribution < 1.29 is 19.4 Å². The number of methoxy groups -OCH3 is 2. The van der Waals surface area contributed by atoms with E-state index in [0.717, 1.165) is 5.56 Å². The first-order valence-electron chi connectivity index (χ1n) is 7.97. The Bertz CT molecular complexity index is 689. The summed E-state index contributed by atoms with van der Waals surface area (Å²) in [7, 11) is 3.17. The highest BCUT2D eigenvalue weighted by Crippen LogP contribution is 2.28. The average molecular weight is 345 g/mol. The fourth-order valence-electron chi connectivity index (χ4n) is 2.27. The number of rotatable bonds is 9. The van der Waals surface area contributed by atoms with Crippen LogP contribution >= 0.6 is 0 Å². The van der Waals surface area contributed by atoms with Gasteiger partial charge in [0, 0.05) is 13.0 Å². The topological polar surface area (TPSA) is 92.7 Å². The lowest BCUT2D eigenvalue weighted by Crippen LogP contribution is -2.13. The van der Waals surface area contributed by atoms with Crippen molar-refractivity contribution in [3.63, 3.8) is 0 Å². The van der Waals surface area contributed by atoms with Crippen molar-refractivity contribution in [2.75, 3.05) is 38.0 Å².